The third-order valence-electron chi connectivity index (χ3n) is 4.78. The van der Waals surface area contributed by atoms with Gasteiger partial charge < -0.3 is 15.4 Å². The van der Waals surface area contributed by atoms with Crippen LogP contribution >= 0.6 is 0 Å². The van der Waals surface area contributed by atoms with E-state index in [1.165, 1.54) is 12.8 Å². The smallest absolute Gasteiger partial charge is 0.260 e. The van der Waals surface area contributed by atoms with E-state index in [2.05, 4.69) is 11.8 Å². The minimum absolute atomic E-state index is 0.0398. The lowest BCUT2D eigenvalue weighted by Crippen LogP contribution is -2.52. The van der Waals surface area contributed by atoms with E-state index in [1.54, 1.807) is 11.0 Å². The SMILES string of the molecule is C[C@@H](C1CC1)N(C)CC(=O)N1C[C@H](C(N)=O)Oc2ccccc21. The standard InChI is InChI=1S/C17H23N3O3/c1-11(12-7-8-12)19(2)10-16(21)20-9-15(17(18)22)23-14-6-4-3-5-13(14)20/h3-6,11-12,15H,7-10H2,1-2H3,(H2,18,22)/t11-,15+/m0/s1. The van der Waals surface area contributed by atoms with Crippen molar-refractivity contribution in [2.75, 3.05) is 25.0 Å². The van der Waals surface area contributed by atoms with Crippen LogP contribution in [0.1, 0.15) is 19.8 Å². The summed E-state index contributed by atoms with van der Waals surface area (Å²) in [5.41, 5.74) is 6.07. The molecular weight excluding hydrogens is 294 g/mol. The highest BCUT2D eigenvalue weighted by atomic mass is 16.5. The normalized spacial score (nSPS) is 21.5. The van der Waals surface area contributed by atoms with Crippen LogP contribution in [0, 0.1) is 5.92 Å². The summed E-state index contributed by atoms with van der Waals surface area (Å²) < 4.78 is 5.59. The second kappa shape index (κ2) is 6.20. The Morgan fingerprint density at radius 3 is 2.74 bits per heavy atom. The number of primary amides is 1. The molecule has 2 amide bonds. The molecule has 0 unspecified atom stereocenters. The van der Waals surface area contributed by atoms with Gasteiger partial charge in [-0.3, -0.25) is 14.5 Å². The van der Waals surface area contributed by atoms with Crippen molar-refractivity contribution < 1.29 is 14.3 Å². The van der Waals surface area contributed by atoms with Crippen LogP contribution in [0.4, 0.5) is 5.69 Å². The minimum Gasteiger partial charge on any atom is -0.477 e. The van der Waals surface area contributed by atoms with E-state index in [0.717, 1.165) is 0 Å². The zero-order chi connectivity index (χ0) is 16.6. The molecule has 6 nitrogen and oxygen atoms in total. The van der Waals surface area contributed by atoms with Crippen molar-refractivity contribution in [2.24, 2.45) is 11.7 Å². The fourth-order valence-electron chi connectivity index (χ4n) is 3.00. The molecule has 1 aromatic carbocycles. The molecule has 1 aliphatic carbocycles. The van der Waals surface area contributed by atoms with Crippen molar-refractivity contribution in [1.82, 2.24) is 4.90 Å². The van der Waals surface area contributed by atoms with Gasteiger partial charge in [0.15, 0.2) is 6.10 Å². The van der Waals surface area contributed by atoms with Crippen molar-refractivity contribution in [2.45, 2.75) is 31.9 Å². The van der Waals surface area contributed by atoms with Crippen molar-refractivity contribution in [3.05, 3.63) is 24.3 Å². The van der Waals surface area contributed by atoms with Gasteiger partial charge in [-0.1, -0.05) is 12.1 Å². The lowest BCUT2D eigenvalue weighted by Gasteiger charge is -2.35. The molecule has 1 fully saturated rings. The largest absolute Gasteiger partial charge is 0.477 e. The van der Waals surface area contributed by atoms with Gasteiger partial charge in [0.25, 0.3) is 5.91 Å². The van der Waals surface area contributed by atoms with E-state index >= 15 is 0 Å². The van der Waals surface area contributed by atoms with E-state index in [0.29, 0.717) is 29.9 Å². The average Bonchev–Trinajstić information content (AvgIpc) is 3.37. The van der Waals surface area contributed by atoms with Gasteiger partial charge >= 0.3 is 0 Å². The van der Waals surface area contributed by atoms with Gasteiger partial charge in [0, 0.05) is 6.04 Å². The Hall–Kier alpha value is -2.08. The first-order valence-electron chi connectivity index (χ1n) is 8.03. The summed E-state index contributed by atoms with van der Waals surface area (Å²) in [7, 11) is 1.97. The second-order valence-electron chi connectivity index (χ2n) is 6.47. The molecule has 6 heteroatoms. The molecule has 0 bridgehead atoms. The summed E-state index contributed by atoms with van der Waals surface area (Å²) in [4.78, 5) is 28.0. The first kappa shape index (κ1) is 15.8. The number of para-hydroxylation sites is 2. The van der Waals surface area contributed by atoms with Crippen molar-refractivity contribution in [3.63, 3.8) is 0 Å². The summed E-state index contributed by atoms with van der Waals surface area (Å²) in [6.45, 7) is 2.64. The predicted molar refractivity (Wildman–Crippen MR) is 87.2 cm³/mol. The molecule has 124 valence electrons. The van der Waals surface area contributed by atoms with Gasteiger partial charge in [-0.05, 0) is 44.9 Å². The molecule has 1 heterocycles. The summed E-state index contributed by atoms with van der Waals surface area (Å²) in [6.07, 6.45) is 1.67. The Kier molecular flexibility index (Phi) is 4.26. The maximum Gasteiger partial charge on any atom is 0.260 e. The number of ether oxygens (including phenoxy) is 1. The molecule has 2 atom stereocenters. The molecule has 2 N–H and O–H groups in total. The number of likely N-dealkylation sites (N-methyl/N-ethyl adjacent to an activating group) is 1. The van der Waals surface area contributed by atoms with Crippen LogP contribution in [0.3, 0.4) is 0 Å². The number of fused-ring (bicyclic) bond motifs is 1. The quantitative estimate of drug-likeness (QED) is 0.879. The highest BCUT2D eigenvalue weighted by molar-refractivity contribution is 5.98. The van der Waals surface area contributed by atoms with E-state index < -0.39 is 12.0 Å². The third kappa shape index (κ3) is 3.32. The highest BCUT2D eigenvalue weighted by Gasteiger charge is 2.35. The van der Waals surface area contributed by atoms with Crippen LogP contribution in [0.25, 0.3) is 0 Å². The van der Waals surface area contributed by atoms with Crippen molar-refractivity contribution in [3.8, 4) is 5.75 Å². The number of hydrogen-bond acceptors (Lipinski definition) is 4. The van der Waals surface area contributed by atoms with Gasteiger partial charge in [-0.15, -0.1) is 0 Å². The van der Waals surface area contributed by atoms with E-state index in [9.17, 15) is 9.59 Å². The Bertz CT molecular complexity index is 615. The molecule has 2 aliphatic rings. The van der Waals surface area contributed by atoms with Gasteiger partial charge in [0.1, 0.15) is 5.75 Å². The van der Waals surface area contributed by atoms with Crippen LogP contribution in [0.5, 0.6) is 5.75 Å². The molecule has 0 spiro atoms. The minimum atomic E-state index is -0.806. The Labute approximate surface area is 136 Å². The molecule has 1 saturated carbocycles. The van der Waals surface area contributed by atoms with E-state index in [-0.39, 0.29) is 12.5 Å². The van der Waals surface area contributed by atoms with E-state index in [1.807, 2.05) is 25.2 Å². The number of anilines is 1. The number of nitrogens with two attached hydrogens (primary N) is 1. The van der Waals surface area contributed by atoms with Crippen LogP contribution in [-0.4, -0.2) is 49.0 Å². The summed E-state index contributed by atoms with van der Waals surface area (Å²) in [5.74, 6) is 0.621. The van der Waals surface area contributed by atoms with Crippen LogP contribution in [0.2, 0.25) is 0 Å². The van der Waals surface area contributed by atoms with Crippen LogP contribution in [0.15, 0.2) is 24.3 Å². The number of amides is 2. The number of nitrogens with zero attached hydrogens (tertiary/aromatic N) is 2. The Morgan fingerprint density at radius 1 is 1.39 bits per heavy atom. The molecular formula is C17H23N3O3. The maximum absolute atomic E-state index is 12.8. The molecule has 0 saturated heterocycles. The first-order chi connectivity index (χ1) is 11.0. The fraction of sp³-hybridized carbons (Fsp3) is 0.529. The zero-order valence-electron chi connectivity index (χ0n) is 13.6. The Balaban J connectivity index is 1.76. The monoisotopic (exact) mass is 317 g/mol. The van der Waals surface area contributed by atoms with Crippen LogP contribution < -0.4 is 15.4 Å². The summed E-state index contributed by atoms with van der Waals surface area (Å²) >= 11 is 0. The molecule has 23 heavy (non-hydrogen) atoms. The maximum atomic E-state index is 12.8. The topological polar surface area (TPSA) is 75.9 Å². The predicted octanol–water partition coefficient (Wildman–Crippen LogP) is 0.996. The number of rotatable bonds is 5. The van der Waals surface area contributed by atoms with Gasteiger partial charge in [-0.25, -0.2) is 0 Å². The molecule has 0 radical (unpaired) electrons. The Morgan fingerprint density at radius 2 is 2.09 bits per heavy atom. The number of carbonyl (C=O) groups excluding carboxylic acids is 2. The molecule has 1 aliphatic heterocycles. The average molecular weight is 317 g/mol. The second-order valence-corrected chi connectivity index (χ2v) is 6.47. The van der Waals surface area contributed by atoms with Crippen molar-refractivity contribution in [1.29, 1.82) is 0 Å². The molecule has 0 aromatic heterocycles. The lowest BCUT2D eigenvalue weighted by molar-refractivity contribution is -0.125. The van der Waals surface area contributed by atoms with Gasteiger partial charge in [0.05, 0.1) is 18.8 Å². The lowest BCUT2D eigenvalue weighted by atomic mass is 10.1. The molecule has 1 aromatic rings. The first-order valence-corrected chi connectivity index (χ1v) is 8.03. The van der Waals surface area contributed by atoms with Crippen molar-refractivity contribution >= 4 is 17.5 Å². The highest BCUT2D eigenvalue weighted by Crippen LogP contribution is 2.35. The summed E-state index contributed by atoms with van der Waals surface area (Å²) in [6, 6.07) is 7.63. The third-order valence-corrected chi connectivity index (χ3v) is 4.78. The number of hydrogen-bond donors (Lipinski definition) is 1. The van der Waals surface area contributed by atoms with Gasteiger partial charge in [-0.2, -0.15) is 0 Å². The number of benzene rings is 1. The zero-order valence-corrected chi connectivity index (χ0v) is 13.6. The fourth-order valence-corrected chi connectivity index (χ4v) is 3.00. The van der Waals surface area contributed by atoms with Crippen LogP contribution in [-0.2, 0) is 9.59 Å². The number of carbonyl (C=O) groups is 2. The molecule has 3 rings (SSSR count). The van der Waals surface area contributed by atoms with E-state index in [4.69, 9.17) is 10.5 Å². The van der Waals surface area contributed by atoms with Gasteiger partial charge in [0.2, 0.25) is 5.91 Å². The summed E-state index contributed by atoms with van der Waals surface area (Å²) in [5, 5.41) is 0.